The minimum absolute atomic E-state index is 0.00686. The Morgan fingerprint density at radius 3 is 2.42 bits per heavy atom. The molecular weight excluding hydrogens is 460 g/mol. The van der Waals surface area contributed by atoms with Crippen molar-refractivity contribution >= 4 is 45.5 Å². The number of halogens is 1. The van der Waals surface area contributed by atoms with Gasteiger partial charge in [0.25, 0.3) is 5.78 Å². The zero-order valence-corrected chi connectivity index (χ0v) is 19.6. The van der Waals surface area contributed by atoms with E-state index in [1.54, 1.807) is 54.6 Å². The smallest absolute Gasteiger partial charge is 0.301 e. The summed E-state index contributed by atoms with van der Waals surface area (Å²) in [6, 6.07) is 12.6. The zero-order valence-electron chi connectivity index (χ0n) is 18.0. The minimum atomic E-state index is -0.848. The van der Waals surface area contributed by atoms with E-state index in [4.69, 9.17) is 16.3 Å². The van der Waals surface area contributed by atoms with Crippen molar-refractivity contribution in [3.63, 3.8) is 0 Å². The van der Waals surface area contributed by atoms with Crippen LogP contribution >= 0.6 is 22.9 Å². The molecule has 1 aliphatic rings. The Hall–Kier alpha value is -3.42. The molecule has 1 N–H and O–H groups in total. The first kappa shape index (κ1) is 22.8. The van der Waals surface area contributed by atoms with Gasteiger partial charge >= 0.3 is 5.91 Å². The molecule has 6 nitrogen and oxygen atoms in total. The summed E-state index contributed by atoms with van der Waals surface area (Å²) >= 11 is 7.30. The van der Waals surface area contributed by atoms with Crippen LogP contribution in [0.15, 0.2) is 66.8 Å². The molecule has 1 saturated heterocycles. The molecule has 2 aromatic carbocycles. The zero-order chi connectivity index (χ0) is 23.7. The second-order valence-electron chi connectivity index (χ2n) is 7.48. The maximum absolute atomic E-state index is 13.2. The van der Waals surface area contributed by atoms with Gasteiger partial charge in [-0.25, -0.2) is 4.98 Å². The van der Waals surface area contributed by atoms with Crippen LogP contribution in [0.2, 0.25) is 5.02 Å². The highest BCUT2D eigenvalue weighted by Crippen LogP contribution is 2.44. The third kappa shape index (κ3) is 4.29. The average Bonchev–Trinajstić information content (AvgIpc) is 3.28. The number of carbonyl (C=O) groups excluding carboxylic acids is 2. The molecular formula is C25H21ClN2O4S. The largest absolute Gasteiger partial charge is 0.507 e. The number of benzene rings is 2. The van der Waals surface area contributed by atoms with Crippen LogP contribution in [0.3, 0.4) is 0 Å². The van der Waals surface area contributed by atoms with Crippen molar-refractivity contribution in [3.05, 3.63) is 93.5 Å². The summed E-state index contributed by atoms with van der Waals surface area (Å²) in [6.07, 6.45) is 1.64. The number of carbonyl (C=O) groups is 2. The van der Waals surface area contributed by atoms with E-state index in [1.807, 2.05) is 13.8 Å². The summed E-state index contributed by atoms with van der Waals surface area (Å²) in [7, 11) is 0. The Balaban J connectivity index is 1.88. The van der Waals surface area contributed by atoms with E-state index in [0.717, 1.165) is 10.6 Å². The summed E-state index contributed by atoms with van der Waals surface area (Å²) in [5.41, 5.74) is 1.80. The lowest BCUT2D eigenvalue weighted by atomic mass is 9.95. The number of aromatic nitrogens is 1. The van der Waals surface area contributed by atoms with Gasteiger partial charge in [-0.2, -0.15) is 0 Å². The van der Waals surface area contributed by atoms with Crippen LogP contribution in [0.4, 0.5) is 5.13 Å². The number of aliphatic hydroxyl groups is 1. The number of hydrogen-bond acceptors (Lipinski definition) is 6. The van der Waals surface area contributed by atoms with Gasteiger partial charge in [0.15, 0.2) is 5.13 Å². The molecule has 0 bridgehead atoms. The number of anilines is 1. The van der Waals surface area contributed by atoms with Crippen LogP contribution in [0, 0.1) is 13.8 Å². The average molecular weight is 481 g/mol. The molecule has 1 atom stereocenters. The Labute approximate surface area is 200 Å². The van der Waals surface area contributed by atoms with Crippen LogP contribution in [-0.4, -0.2) is 28.4 Å². The number of aryl methyl sites for hydroxylation is 2. The molecule has 3 aromatic rings. The Morgan fingerprint density at radius 1 is 1.18 bits per heavy atom. The minimum Gasteiger partial charge on any atom is -0.507 e. The molecule has 2 heterocycles. The fourth-order valence-electron chi connectivity index (χ4n) is 3.57. The van der Waals surface area contributed by atoms with E-state index in [2.05, 4.69) is 11.6 Å². The summed E-state index contributed by atoms with van der Waals surface area (Å²) in [5.74, 6) is -1.16. The highest BCUT2D eigenvalue weighted by atomic mass is 35.5. The lowest BCUT2D eigenvalue weighted by Crippen LogP contribution is -2.29. The van der Waals surface area contributed by atoms with Gasteiger partial charge in [-0.1, -0.05) is 36.4 Å². The van der Waals surface area contributed by atoms with E-state index >= 15 is 0 Å². The first-order valence-electron chi connectivity index (χ1n) is 10.2. The number of amides is 1. The number of hydrogen-bond donors (Lipinski definition) is 1. The third-order valence-electron chi connectivity index (χ3n) is 5.35. The van der Waals surface area contributed by atoms with Crippen molar-refractivity contribution in [2.45, 2.75) is 19.9 Å². The molecule has 33 heavy (non-hydrogen) atoms. The molecule has 0 unspecified atom stereocenters. The van der Waals surface area contributed by atoms with Crippen molar-refractivity contribution in [2.24, 2.45) is 0 Å². The summed E-state index contributed by atoms with van der Waals surface area (Å²) in [4.78, 5) is 33.1. The van der Waals surface area contributed by atoms with Crippen LogP contribution in [0.25, 0.3) is 5.76 Å². The number of ketones is 1. The van der Waals surface area contributed by atoms with Crippen molar-refractivity contribution in [1.29, 1.82) is 0 Å². The van der Waals surface area contributed by atoms with E-state index in [-0.39, 0.29) is 11.3 Å². The van der Waals surface area contributed by atoms with Gasteiger partial charge in [0, 0.05) is 15.5 Å². The number of ether oxygens (including phenoxy) is 1. The highest BCUT2D eigenvalue weighted by molar-refractivity contribution is 7.16. The number of rotatable bonds is 6. The Kier molecular flexibility index (Phi) is 6.35. The SMILES string of the molecule is C=CCOc1ccc([C@H]2/C(=C(\O)c3ccc(Cl)cc3)C(=O)C(=O)N2c2nc(C)c(C)s2)cc1. The van der Waals surface area contributed by atoms with Gasteiger partial charge in [-0.3, -0.25) is 14.5 Å². The molecule has 0 aliphatic carbocycles. The molecule has 1 amide bonds. The van der Waals surface area contributed by atoms with Gasteiger partial charge in [0.05, 0.1) is 17.3 Å². The third-order valence-corrected chi connectivity index (χ3v) is 6.67. The topological polar surface area (TPSA) is 79.7 Å². The van der Waals surface area contributed by atoms with Gasteiger partial charge < -0.3 is 9.84 Å². The Bertz CT molecular complexity index is 1240. The molecule has 1 aromatic heterocycles. The number of Topliss-reactive ketones (excluding diaryl/α,β-unsaturated/α-hetero) is 1. The van der Waals surface area contributed by atoms with Gasteiger partial charge in [-0.05, 0) is 55.8 Å². The van der Waals surface area contributed by atoms with Crippen LogP contribution in [-0.2, 0) is 9.59 Å². The quantitative estimate of drug-likeness (QED) is 0.215. The summed E-state index contributed by atoms with van der Waals surface area (Å²) < 4.78 is 5.55. The van der Waals surface area contributed by atoms with Gasteiger partial charge in [0.2, 0.25) is 0 Å². The van der Waals surface area contributed by atoms with Gasteiger partial charge in [0.1, 0.15) is 18.1 Å². The summed E-state index contributed by atoms with van der Waals surface area (Å²) in [5, 5.41) is 12.0. The molecule has 168 valence electrons. The second kappa shape index (κ2) is 9.21. The predicted molar refractivity (Wildman–Crippen MR) is 130 cm³/mol. The van der Waals surface area contributed by atoms with Crippen molar-refractivity contribution < 1.29 is 19.4 Å². The number of nitrogens with zero attached hydrogens (tertiary/aromatic N) is 2. The molecule has 8 heteroatoms. The van der Waals surface area contributed by atoms with E-state index in [1.165, 1.54) is 16.2 Å². The lowest BCUT2D eigenvalue weighted by molar-refractivity contribution is -0.132. The summed E-state index contributed by atoms with van der Waals surface area (Å²) in [6.45, 7) is 7.74. The maximum Gasteiger partial charge on any atom is 0.301 e. The molecule has 0 radical (unpaired) electrons. The number of thiazole rings is 1. The molecule has 1 aliphatic heterocycles. The molecule has 4 rings (SSSR count). The van der Waals surface area contributed by atoms with Gasteiger partial charge in [-0.15, -0.1) is 11.3 Å². The van der Waals surface area contributed by atoms with Crippen LogP contribution < -0.4 is 9.64 Å². The van der Waals surface area contributed by atoms with E-state index in [9.17, 15) is 14.7 Å². The first-order chi connectivity index (χ1) is 15.8. The van der Waals surface area contributed by atoms with Crippen LogP contribution in [0.5, 0.6) is 5.75 Å². The predicted octanol–water partition coefficient (Wildman–Crippen LogP) is 5.60. The molecule has 1 fully saturated rings. The Morgan fingerprint density at radius 2 is 1.85 bits per heavy atom. The normalized spacial score (nSPS) is 17.4. The van der Waals surface area contributed by atoms with E-state index < -0.39 is 17.7 Å². The van der Waals surface area contributed by atoms with Crippen molar-refractivity contribution in [1.82, 2.24) is 4.98 Å². The highest BCUT2D eigenvalue weighted by Gasteiger charge is 2.48. The fraction of sp³-hybridized carbons (Fsp3) is 0.160. The first-order valence-corrected chi connectivity index (χ1v) is 11.4. The monoisotopic (exact) mass is 480 g/mol. The molecule has 0 saturated carbocycles. The molecule has 0 spiro atoms. The second-order valence-corrected chi connectivity index (χ2v) is 9.10. The lowest BCUT2D eigenvalue weighted by Gasteiger charge is -2.23. The van der Waals surface area contributed by atoms with Crippen molar-refractivity contribution in [2.75, 3.05) is 11.5 Å². The number of aliphatic hydroxyl groups excluding tert-OH is 1. The van der Waals surface area contributed by atoms with Crippen molar-refractivity contribution in [3.8, 4) is 5.75 Å². The fourth-order valence-corrected chi connectivity index (χ4v) is 4.63. The van der Waals surface area contributed by atoms with Crippen LogP contribution in [0.1, 0.15) is 27.7 Å². The van der Waals surface area contributed by atoms with E-state index in [0.29, 0.717) is 33.6 Å². The maximum atomic E-state index is 13.2. The standard InChI is InChI=1S/C25H21ClN2O4S/c1-4-13-32-19-11-7-16(8-12-19)21-20(22(29)17-5-9-18(26)10-6-17)23(30)24(31)28(21)25-27-14(2)15(3)33-25/h4-12,21,29H,1,13H2,2-3H3/b22-20+/t21-/m0/s1.